The van der Waals surface area contributed by atoms with E-state index in [1.54, 1.807) is 42.3 Å². The Hall–Kier alpha value is -1.95. The number of hydrogen-bond acceptors (Lipinski definition) is 4. The van der Waals surface area contributed by atoms with Gasteiger partial charge in [-0.15, -0.1) is 0 Å². The van der Waals surface area contributed by atoms with E-state index in [0.29, 0.717) is 30.0 Å². The Morgan fingerprint density at radius 1 is 1.18 bits per heavy atom. The first-order chi connectivity index (χ1) is 13.3. The number of halogens is 3. The van der Waals surface area contributed by atoms with Crippen molar-refractivity contribution in [3.63, 3.8) is 0 Å². The fourth-order valence-electron chi connectivity index (χ4n) is 3.73. The van der Waals surface area contributed by atoms with E-state index >= 15 is 0 Å². The predicted molar refractivity (Wildman–Crippen MR) is 107 cm³/mol. The lowest BCUT2D eigenvalue weighted by atomic mass is 9.89. The highest BCUT2D eigenvalue weighted by Crippen LogP contribution is 2.41. The van der Waals surface area contributed by atoms with Crippen molar-refractivity contribution in [2.45, 2.75) is 18.4 Å². The summed E-state index contributed by atoms with van der Waals surface area (Å²) in [6.07, 6.45) is 0.722. The maximum Gasteiger partial charge on any atom is 0.257 e. The van der Waals surface area contributed by atoms with Crippen LogP contribution in [0.15, 0.2) is 30.3 Å². The summed E-state index contributed by atoms with van der Waals surface area (Å²) in [7, 11) is 1.55. The molecule has 1 spiro atoms. The summed E-state index contributed by atoms with van der Waals surface area (Å²) < 4.78 is 11.4. The average Bonchev–Trinajstić information content (AvgIpc) is 3.08. The fraction of sp³-hybridized carbons (Fsp3) is 0.300. The lowest BCUT2D eigenvalue weighted by Gasteiger charge is -2.34. The van der Waals surface area contributed by atoms with E-state index in [0.717, 1.165) is 0 Å². The first-order valence-electron chi connectivity index (χ1n) is 8.66. The Morgan fingerprint density at radius 3 is 2.68 bits per heavy atom. The third-order valence-electron chi connectivity index (χ3n) is 5.16. The molecule has 28 heavy (non-hydrogen) atoms. The molecule has 5 nitrogen and oxygen atoms in total. The van der Waals surface area contributed by atoms with Gasteiger partial charge in [0.25, 0.3) is 5.91 Å². The number of carbonyl (C=O) groups excluding carboxylic acids is 2. The first kappa shape index (κ1) is 19.4. The summed E-state index contributed by atoms with van der Waals surface area (Å²) in [4.78, 5) is 27.3. The number of hydrogen-bond donors (Lipinski definition) is 0. The molecule has 2 aliphatic heterocycles. The van der Waals surface area contributed by atoms with Crippen LogP contribution in [-0.4, -0.2) is 42.4 Å². The number of amides is 1. The highest BCUT2D eigenvalue weighted by Gasteiger charge is 2.47. The number of benzene rings is 2. The van der Waals surface area contributed by atoms with Gasteiger partial charge in [-0.1, -0.05) is 34.8 Å². The Morgan fingerprint density at radius 2 is 1.93 bits per heavy atom. The molecule has 2 heterocycles. The molecule has 0 saturated carbocycles. The fourth-order valence-corrected chi connectivity index (χ4v) is 4.42. The minimum Gasteiger partial charge on any atom is -0.497 e. The zero-order valence-corrected chi connectivity index (χ0v) is 17.2. The summed E-state index contributed by atoms with van der Waals surface area (Å²) in [6.45, 7) is 0.693. The van der Waals surface area contributed by atoms with Gasteiger partial charge in [0.1, 0.15) is 17.1 Å². The van der Waals surface area contributed by atoms with E-state index < -0.39 is 5.60 Å². The zero-order valence-electron chi connectivity index (χ0n) is 14.9. The molecule has 8 heteroatoms. The molecule has 4 rings (SSSR count). The molecular weight excluding hydrogens is 425 g/mol. The van der Waals surface area contributed by atoms with E-state index in [9.17, 15) is 9.59 Å². The van der Waals surface area contributed by atoms with Crippen LogP contribution in [0.4, 0.5) is 0 Å². The van der Waals surface area contributed by atoms with Gasteiger partial charge in [0.05, 0.1) is 46.3 Å². The van der Waals surface area contributed by atoms with Crippen LogP contribution < -0.4 is 9.47 Å². The highest BCUT2D eigenvalue weighted by molar-refractivity contribution is 6.46. The first-order valence-corrected chi connectivity index (χ1v) is 9.80. The standard InChI is InChI=1S/C20H16Cl3NO4/c1-27-11-2-5-16-12(8-11)15(25)9-20(28-16)6-7-24(10-20)19(26)17-13(21)3-4-14(22)18(17)23/h2-5,8H,6-7,9-10H2,1H3. The van der Waals surface area contributed by atoms with Crippen LogP contribution in [0.5, 0.6) is 11.5 Å². The third-order valence-corrected chi connectivity index (χ3v) is 6.28. The van der Waals surface area contributed by atoms with Crippen LogP contribution in [-0.2, 0) is 0 Å². The number of Topliss-reactive ketones (excluding diaryl/α,β-unsaturated/α-hetero) is 1. The predicted octanol–water partition coefficient (Wildman–Crippen LogP) is 4.91. The summed E-state index contributed by atoms with van der Waals surface area (Å²) in [5, 5.41) is 0.618. The minimum absolute atomic E-state index is 0.0340. The summed E-state index contributed by atoms with van der Waals surface area (Å²) in [5.41, 5.74) is -0.0953. The van der Waals surface area contributed by atoms with Gasteiger partial charge in [-0.3, -0.25) is 9.59 Å². The molecule has 1 amide bonds. The van der Waals surface area contributed by atoms with E-state index in [2.05, 4.69) is 0 Å². The number of ketones is 1. The highest BCUT2D eigenvalue weighted by atomic mass is 35.5. The van der Waals surface area contributed by atoms with Gasteiger partial charge in [-0.25, -0.2) is 0 Å². The van der Waals surface area contributed by atoms with E-state index in [4.69, 9.17) is 44.3 Å². The van der Waals surface area contributed by atoms with E-state index in [1.165, 1.54) is 0 Å². The number of nitrogens with zero attached hydrogens (tertiary/aromatic N) is 1. The van der Waals surface area contributed by atoms with Crippen LogP contribution in [0.3, 0.4) is 0 Å². The van der Waals surface area contributed by atoms with Gasteiger partial charge < -0.3 is 14.4 Å². The van der Waals surface area contributed by atoms with Crippen molar-refractivity contribution in [3.8, 4) is 11.5 Å². The summed E-state index contributed by atoms with van der Waals surface area (Å²) in [6, 6.07) is 8.23. The molecule has 2 aliphatic rings. The van der Waals surface area contributed by atoms with Gasteiger partial charge in [0, 0.05) is 13.0 Å². The number of fused-ring (bicyclic) bond motifs is 1. The molecular formula is C20H16Cl3NO4. The normalized spacial score (nSPS) is 20.9. The minimum atomic E-state index is -0.758. The van der Waals surface area contributed by atoms with Crippen LogP contribution in [0.2, 0.25) is 15.1 Å². The van der Waals surface area contributed by atoms with Crippen LogP contribution in [0.1, 0.15) is 33.6 Å². The molecule has 146 valence electrons. The lowest BCUT2D eigenvalue weighted by molar-refractivity contribution is 0.0427. The Kier molecular flexibility index (Phi) is 4.94. The Balaban J connectivity index is 1.60. The van der Waals surface area contributed by atoms with Crippen molar-refractivity contribution < 1.29 is 19.1 Å². The molecule has 0 radical (unpaired) electrons. The van der Waals surface area contributed by atoms with Crippen molar-refractivity contribution in [1.29, 1.82) is 0 Å². The summed E-state index contributed by atoms with van der Waals surface area (Å²) >= 11 is 18.4. The smallest absolute Gasteiger partial charge is 0.257 e. The van der Waals surface area contributed by atoms with Crippen LogP contribution >= 0.6 is 34.8 Å². The third kappa shape index (κ3) is 3.21. The van der Waals surface area contributed by atoms with Crippen molar-refractivity contribution in [1.82, 2.24) is 4.90 Å². The topological polar surface area (TPSA) is 55.8 Å². The molecule has 1 fully saturated rings. The number of likely N-dealkylation sites (tertiary alicyclic amines) is 1. The van der Waals surface area contributed by atoms with Crippen molar-refractivity contribution in [2.24, 2.45) is 0 Å². The molecule has 0 aromatic heterocycles. The van der Waals surface area contributed by atoms with Gasteiger partial charge in [0.2, 0.25) is 0 Å². The molecule has 2 aromatic rings. The molecule has 1 saturated heterocycles. The molecule has 2 aromatic carbocycles. The van der Waals surface area contributed by atoms with Crippen molar-refractivity contribution in [2.75, 3.05) is 20.2 Å². The average molecular weight is 441 g/mol. The Bertz CT molecular complexity index is 994. The number of ether oxygens (including phenoxy) is 2. The quantitative estimate of drug-likeness (QED) is 0.623. The van der Waals surface area contributed by atoms with Crippen molar-refractivity contribution in [3.05, 3.63) is 56.5 Å². The van der Waals surface area contributed by atoms with Crippen LogP contribution in [0, 0.1) is 0 Å². The van der Waals surface area contributed by atoms with Gasteiger partial charge in [-0.05, 0) is 30.3 Å². The van der Waals surface area contributed by atoms with Crippen molar-refractivity contribution >= 4 is 46.5 Å². The second kappa shape index (κ2) is 7.14. The molecule has 1 atom stereocenters. The largest absolute Gasteiger partial charge is 0.497 e. The number of rotatable bonds is 2. The van der Waals surface area contributed by atoms with E-state index in [1.807, 2.05) is 0 Å². The van der Waals surface area contributed by atoms with E-state index in [-0.39, 0.29) is 45.3 Å². The zero-order chi connectivity index (χ0) is 20.1. The SMILES string of the molecule is COc1ccc2c(c1)C(=O)CC1(CCN(C(=O)c3c(Cl)ccc(Cl)c3Cl)C1)O2. The van der Waals surface area contributed by atoms with Crippen LogP contribution in [0.25, 0.3) is 0 Å². The maximum atomic E-state index is 13.0. The summed E-state index contributed by atoms with van der Waals surface area (Å²) in [5.74, 6) is 0.740. The number of methoxy groups -OCH3 is 1. The Labute approximate surface area is 177 Å². The molecule has 0 N–H and O–H groups in total. The maximum absolute atomic E-state index is 13.0. The van der Waals surface area contributed by atoms with Gasteiger partial charge in [0.15, 0.2) is 5.78 Å². The number of carbonyl (C=O) groups is 2. The molecule has 0 aliphatic carbocycles. The van der Waals surface area contributed by atoms with Gasteiger partial charge in [-0.2, -0.15) is 0 Å². The molecule has 0 bridgehead atoms. The molecule has 1 unspecified atom stereocenters. The monoisotopic (exact) mass is 439 g/mol. The second-order valence-corrected chi connectivity index (χ2v) is 8.13. The lowest BCUT2D eigenvalue weighted by Crippen LogP contribution is -2.45. The van der Waals surface area contributed by atoms with Gasteiger partial charge >= 0.3 is 0 Å². The second-order valence-electron chi connectivity index (χ2n) is 6.94.